The van der Waals surface area contributed by atoms with Gasteiger partial charge in [0.2, 0.25) is 5.91 Å². The molecule has 0 unspecified atom stereocenters. The van der Waals surface area contributed by atoms with Crippen molar-refractivity contribution < 1.29 is 9.59 Å². The van der Waals surface area contributed by atoms with Crippen LogP contribution in [0.2, 0.25) is 0 Å². The SMILES string of the molecule is CC[C@H](C)[C@H](NC(=O)c1ccc(-n2cnnc2)cc1)C(N)=O. The lowest BCUT2D eigenvalue weighted by molar-refractivity contribution is -0.120. The molecule has 1 aromatic heterocycles. The van der Waals surface area contributed by atoms with Crippen molar-refractivity contribution in [3.63, 3.8) is 0 Å². The molecule has 2 aromatic rings. The molecule has 2 amide bonds. The topological polar surface area (TPSA) is 103 Å². The number of aromatic nitrogens is 3. The quantitative estimate of drug-likeness (QED) is 0.827. The van der Waals surface area contributed by atoms with Crippen LogP contribution in [-0.4, -0.2) is 32.6 Å². The van der Waals surface area contributed by atoms with Crippen LogP contribution in [-0.2, 0) is 4.79 Å². The van der Waals surface area contributed by atoms with Crippen molar-refractivity contribution in [2.75, 3.05) is 0 Å². The molecule has 0 saturated carbocycles. The molecule has 0 radical (unpaired) electrons. The van der Waals surface area contributed by atoms with Crippen LogP contribution < -0.4 is 11.1 Å². The van der Waals surface area contributed by atoms with E-state index in [1.807, 2.05) is 13.8 Å². The van der Waals surface area contributed by atoms with Crippen LogP contribution in [0, 0.1) is 5.92 Å². The summed E-state index contributed by atoms with van der Waals surface area (Å²) in [5.41, 5.74) is 6.66. The van der Waals surface area contributed by atoms with Gasteiger partial charge in [-0.2, -0.15) is 0 Å². The number of nitrogens with two attached hydrogens (primary N) is 1. The zero-order valence-electron chi connectivity index (χ0n) is 12.6. The molecule has 3 N–H and O–H groups in total. The van der Waals surface area contributed by atoms with E-state index in [9.17, 15) is 9.59 Å². The molecular formula is C15H19N5O2. The van der Waals surface area contributed by atoms with Crippen molar-refractivity contribution in [2.24, 2.45) is 11.7 Å². The van der Waals surface area contributed by atoms with Gasteiger partial charge in [-0.05, 0) is 30.2 Å². The molecule has 0 aliphatic carbocycles. The molecule has 2 atom stereocenters. The minimum Gasteiger partial charge on any atom is -0.368 e. The number of hydrogen-bond donors (Lipinski definition) is 2. The number of benzene rings is 1. The van der Waals surface area contributed by atoms with E-state index < -0.39 is 11.9 Å². The fraction of sp³-hybridized carbons (Fsp3) is 0.333. The van der Waals surface area contributed by atoms with E-state index in [0.29, 0.717) is 5.56 Å². The fourth-order valence-electron chi connectivity index (χ4n) is 2.07. The van der Waals surface area contributed by atoms with Gasteiger partial charge in [0.05, 0.1) is 0 Å². The maximum Gasteiger partial charge on any atom is 0.251 e. The highest BCUT2D eigenvalue weighted by Gasteiger charge is 2.23. The van der Waals surface area contributed by atoms with E-state index in [4.69, 9.17) is 5.73 Å². The first kappa shape index (κ1) is 15.7. The second kappa shape index (κ2) is 6.84. The van der Waals surface area contributed by atoms with Gasteiger partial charge in [0.15, 0.2) is 0 Å². The van der Waals surface area contributed by atoms with Crippen LogP contribution in [0.25, 0.3) is 5.69 Å². The molecule has 1 heterocycles. The Morgan fingerprint density at radius 1 is 1.23 bits per heavy atom. The van der Waals surface area contributed by atoms with Gasteiger partial charge in [-0.15, -0.1) is 10.2 Å². The zero-order chi connectivity index (χ0) is 16.1. The van der Waals surface area contributed by atoms with Gasteiger partial charge in [0.25, 0.3) is 5.91 Å². The van der Waals surface area contributed by atoms with Gasteiger partial charge >= 0.3 is 0 Å². The Hall–Kier alpha value is -2.70. The number of nitrogens with one attached hydrogen (secondary N) is 1. The maximum atomic E-state index is 12.2. The Bertz CT molecular complexity index is 636. The largest absolute Gasteiger partial charge is 0.368 e. The Kier molecular flexibility index (Phi) is 4.88. The highest BCUT2D eigenvalue weighted by Crippen LogP contribution is 2.11. The zero-order valence-corrected chi connectivity index (χ0v) is 12.6. The first-order valence-electron chi connectivity index (χ1n) is 7.08. The molecule has 0 saturated heterocycles. The minimum atomic E-state index is -0.671. The van der Waals surface area contributed by atoms with Gasteiger partial charge in [-0.25, -0.2) is 0 Å². The van der Waals surface area contributed by atoms with Gasteiger partial charge in [0.1, 0.15) is 18.7 Å². The molecule has 0 aliphatic heterocycles. The normalized spacial score (nSPS) is 13.4. The molecule has 7 heteroatoms. The lowest BCUT2D eigenvalue weighted by atomic mass is 9.98. The van der Waals surface area contributed by atoms with Crippen LogP contribution in [0.3, 0.4) is 0 Å². The summed E-state index contributed by atoms with van der Waals surface area (Å²) in [7, 11) is 0. The Labute approximate surface area is 128 Å². The smallest absolute Gasteiger partial charge is 0.251 e. The molecule has 0 spiro atoms. The highest BCUT2D eigenvalue weighted by atomic mass is 16.2. The van der Waals surface area contributed by atoms with Crippen molar-refractivity contribution in [1.82, 2.24) is 20.1 Å². The fourth-order valence-corrected chi connectivity index (χ4v) is 2.07. The van der Waals surface area contributed by atoms with E-state index in [0.717, 1.165) is 12.1 Å². The summed E-state index contributed by atoms with van der Waals surface area (Å²) in [5, 5.41) is 10.1. The number of carbonyl (C=O) groups is 2. The molecule has 22 heavy (non-hydrogen) atoms. The second-order valence-corrected chi connectivity index (χ2v) is 5.16. The van der Waals surface area contributed by atoms with Crippen LogP contribution in [0.4, 0.5) is 0 Å². The molecule has 7 nitrogen and oxygen atoms in total. The van der Waals surface area contributed by atoms with Gasteiger partial charge < -0.3 is 11.1 Å². The molecule has 0 bridgehead atoms. The summed E-state index contributed by atoms with van der Waals surface area (Å²) in [5.74, 6) is -0.860. The summed E-state index contributed by atoms with van der Waals surface area (Å²) in [6.07, 6.45) is 3.89. The van der Waals surface area contributed by atoms with Crippen LogP contribution in [0.5, 0.6) is 0 Å². The Morgan fingerprint density at radius 2 is 1.82 bits per heavy atom. The summed E-state index contributed by atoms with van der Waals surface area (Å²) in [6.45, 7) is 3.82. The minimum absolute atomic E-state index is 0.0160. The summed E-state index contributed by atoms with van der Waals surface area (Å²) >= 11 is 0. The van der Waals surface area contributed by atoms with E-state index >= 15 is 0 Å². The number of hydrogen-bond acceptors (Lipinski definition) is 4. The lowest BCUT2D eigenvalue weighted by Gasteiger charge is -2.21. The first-order valence-corrected chi connectivity index (χ1v) is 7.08. The number of primary amides is 1. The van der Waals surface area contributed by atoms with Crippen LogP contribution >= 0.6 is 0 Å². The van der Waals surface area contributed by atoms with Gasteiger partial charge in [-0.3, -0.25) is 14.2 Å². The van der Waals surface area contributed by atoms with Crippen LogP contribution in [0.15, 0.2) is 36.9 Å². The molecular weight excluding hydrogens is 282 g/mol. The number of nitrogens with zero attached hydrogens (tertiary/aromatic N) is 3. The van der Waals surface area contributed by atoms with Crippen molar-refractivity contribution in [3.05, 3.63) is 42.5 Å². The highest BCUT2D eigenvalue weighted by molar-refractivity contribution is 5.97. The van der Waals surface area contributed by atoms with E-state index in [1.54, 1.807) is 41.5 Å². The van der Waals surface area contributed by atoms with Crippen molar-refractivity contribution in [2.45, 2.75) is 26.3 Å². The molecule has 0 aliphatic rings. The molecule has 0 fully saturated rings. The summed E-state index contributed by atoms with van der Waals surface area (Å²) < 4.78 is 1.73. The number of carbonyl (C=O) groups excluding carboxylic acids is 2. The van der Waals surface area contributed by atoms with E-state index in [2.05, 4.69) is 15.5 Å². The third-order valence-corrected chi connectivity index (χ3v) is 3.65. The van der Waals surface area contributed by atoms with Crippen molar-refractivity contribution in [1.29, 1.82) is 0 Å². The molecule has 2 rings (SSSR count). The standard InChI is InChI=1S/C15H19N5O2/c1-3-10(2)13(14(16)21)19-15(22)11-4-6-12(7-5-11)20-8-17-18-9-20/h4-10,13H,3H2,1-2H3,(H2,16,21)(H,19,22)/t10-,13-/m0/s1. The third-order valence-electron chi connectivity index (χ3n) is 3.65. The average molecular weight is 301 g/mol. The second-order valence-electron chi connectivity index (χ2n) is 5.16. The molecule has 116 valence electrons. The molecule has 1 aromatic carbocycles. The van der Waals surface area contributed by atoms with E-state index in [1.165, 1.54) is 0 Å². The van der Waals surface area contributed by atoms with Crippen molar-refractivity contribution in [3.8, 4) is 5.69 Å². The first-order chi connectivity index (χ1) is 10.5. The predicted molar refractivity (Wildman–Crippen MR) is 81.3 cm³/mol. The van der Waals surface area contributed by atoms with Gasteiger partial charge in [0, 0.05) is 11.3 Å². The summed E-state index contributed by atoms with van der Waals surface area (Å²) in [6, 6.07) is 6.25. The van der Waals surface area contributed by atoms with Gasteiger partial charge in [-0.1, -0.05) is 20.3 Å². The third kappa shape index (κ3) is 3.49. The average Bonchev–Trinajstić information content (AvgIpc) is 3.06. The predicted octanol–water partition coefficient (Wildman–Crippen LogP) is 0.897. The van der Waals surface area contributed by atoms with E-state index in [-0.39, 0.29) is 11.8 Å². The number of rotatable bonds is 6. The lowest BCUT2D eigenvalue weighted by Crippen LogP contribution is -2.48. The van der Waals surface area contributed by atoms with Crippen LogP contribution in [0.1, 0.15) is 30.6 Å². The van der Waals surface area contributed by atoms with Crippen molar-refractivity contribution >= 4 is 11.8 Å². The Morgan fingerprint density at radius 3 is 2.32 bits per heavy atom. The number of amides is 2. The maximum absolute atomic E-state index is 12.2. The summed E-state index contributed by atoms with van der Waals surface area (Å²) in [4.78, 5) is 23.7. The Balaban J connectivity index is 2.11. The monoisotopic (exact) mass is 301 g/mol.